The lowest BCUT2D eigenvalue weighted by Gasteiger charge is -2.39. The van der Waals surface area contributed by atoms with Gasteiger partial charge in [0.1, 0.15) is 11.9 Å². The van der Waals surface area contributed by atoms with Crippen LogP contribution < -0.4 is 5.73 Å². The standard InChI is InChI=1S/C12H16FNO/c1-8(13)9-3-4-11(15)10(7-9)12(14)5-2-6-12/h3-4,7-8,15H,2,5-6,14H2,1H3. The molecule has 1 unspecified atom stereocenters. The number of aromatic hydroxyl groups is 1. The second-order valence-electron chi connectivity index (χ2n) is 4.40. The number of benzene rings is 1. The van der Waals surface area contributed by atoms with Crippen molar-refractivity contribution in [1.29, 1.82) is 0 Å². The number of alkyl halides is 1. The van der Waals surface area contributed by atoms with Crippen molar-refractivity contribution in [3.05, 3.63) is 29.3 Å². The number of halogens is 1. The number of nitrogens with two attached hydrogens (primary N) is 1. The van der Waals surface area contributed by atoms with E-state index in [0.29, 0.717) is 11.1 Å². The Morgan fingerprint density at radius 3 is 2.60 bits per heavy atom. The third-order valence-corrected chi connectivity index (χ3v) is 3.26. The summed E-state index contributed by atoms with van der Waals surface area (Å²) < 4.78 is 13.1. The zero-order chi connectivity index (χ0) is 11.1. The van der Waals surface area contributed by atoms with E-state index in [4.69, 9.17) is 5.73 Å². The largest absolute Gasteiger partial charge is 0.508 e. The van der Waals surface area contributed by atoms with E-state index in [0.717, 1.165) is 19.3 Å². The Kier molecular flexibility index (Phi) is 2.43. The zero-order valence-corrected chi connectivity index (χ0v) is 8.83. The molecule has 1 aliphatic rings. The highest BCUT2D eigenvalue weighted by atomic mass is 19.1. The summed E-state index contributed by atoms with van der Waals surface area (Å²) in [7, 11) is 0. The molecule has 0 amide bonds. The lowest BCUT2D eigenvalue weighted by Crippen LogP contribution is -2.43. The fourth-order valence-electron chi connectivity index (χ4n) is 2.03. The van der Waals surface area contributed by atoms with Crippen molar-refractivity contribution in [2.75, 3.05) is 0 Å². The Morgan fingerprint density at radius 1 is 1.47 bits per heavy atom. The number of hydrogen-bond acceptors (Lipinski definition) is 2. The Morgan fingerprint density at radius 2 is 2.13 bits per heavy atom. The molecule has 0 radical (unpaired) electrons. The van der Waals surface area contributed by atoms with Crippen molar-refractivity contribution in [1.82, 2.24) is 0 Å². The normalized spacial score (nSPS) is 20.7. The molecule has 2 rings (SSSR count). The molecule has 0 spiro atoms. The molecular formula is C12H16FNO. The van der Waals surface area contributed by atoms with Gasteiger partial charge in [-0.15, -0.1) is 0 Å². The lowest BCUT2D eigenvalue weighted by atomic mass is 9.72. The second kappa shape index (κ2) is 3.49. The van der Waals surface area contributed by atoms with E-state index >= 15 is 0 Å². The van der Waals surface area contributed by atoms with Gasteiger partial charge in [0.25, 0.3) is 0 Å². The monoisotopic (exact) mass is 209 g/mol. The van der Waals surface area contributed by atoms with Crippen LogP contribution in [0.1, 0.15) is 43.5 Å². The summed E-state index contributed by atoms with van der Waals surface area (Å²) in [6.07, 6.45) is 1.79. The third-order valence-electron chi connectivity index (χ3n) is 3.26. The van der Waals surface area contributed by atoms with Gasteiger partial charge in [-0.25, -0.2) is 4.39 Å². The summed E-state index contributed by atoms with van der Waals surface area (Å²) in [6, 6.07) is 4.83. The summed E-state index contributed by atoms with van der Waals surface area (Å²) in [5, 5.41) is 9.71. The first-order valence-electron chi connectivity index (χ1n) is 5.29. The molecule has 0 bridgehead atoms. The third kappa shape index (κ3) is 1.72. The molecule has 15 heavy (non-hydrogen) atoms. The van der Waals surface area contributed by atoms with Crippen molar-refractivity contribution < 1.29 is 9.50 Å². The van der Waals surface area contributed by atoms with Crippen molar-refractivity contribution in [3.63, 3.8) is 0 Å². The molecule has 0 aromatic heterocycles. The number of rotatable bonds is 2. The number of hydrogen-bond donors (Lipinski definition) is 2. The molecule has 0 aliphatic heterocycles. The Labute approximate surface area is 88.9 Å². The van der Waals surface area contributed by atoms with Crippen LogP contribution in [0.25, 0.3) is 0 Å². The van der Waals surface area contributed by atoms with Crippen LogP contribution in [0, 0.1) is 0 Å². The van der Waals surface area contributed by atoms with Crippen molar-refractivity contribution >= 4 is 0 Å². The van der Waals surface area contributed by atoms with Gasteiger partial charge in [0.15, 0.2) is 0 Å². The average Bonchev–Trinajstić information content (AvgIpc) is 2.14. The maximum Gasteiger partial charge on any atom is 0.122 e. The van der Waals surface area contributed by atoms with Crippen LogP contribution in [-0.4, -0.2) is 5.11 Å². The van der Waals surface area contributed by atoms with Gasteiger partial charge >= 0.3 is 0 Å². The summed E-state index contributed by atoms with van der Waals surface area (Å²) in [4.78, 5) is 0. The van der Waals surface area contributed by atoms with Crippen LogP contribution in [-0.2, 0) is 5.54 Å². The Hall–Kier alpha value is -1.09. The molecule has 0 heterocycles. The topological polar surface area (TPSA) is 46.2 Å². The predicted molar refractivity (Wildman–Crippen MR) is 57.3 cm³/mol. The smallest absolute Gasteiger partial charge is 0.122 e. The highest BCUT2D eigenvalue weighted by Gasteiger charge is 2.36. The predicted octanol–water partition coefficient (Wildman–Crippen LogP) is 2.76. The summed E-state index contributed by atoms with van der Waals surface area (Å²) >= 11 is 0. The van der Waals surface area contributed by atoms with Crippen LogP contribution >= 0.6 is 0 Å². The Balaban J connectivity index is 2.41. The molecule has 0 saturated heterocycles. The van der Waals surface area contributed by atoms with E-state index in [1.807, 2.05) is 0 Å². The molecule has 1 aromatic carbocycles. The van der Waals surface area contributed by atoms with Gasteiger partial charge in [-0.1, -0.05) is 6.07 Å². The van der Waals surface area contributed by atoms with Gasteiger partial charge in [0, 0.05) is 11.1 Å². The summed E-state index contributed by atoms with van der Waals surface area (Å²) in [5.41, 5.74) is 6.95. The minimum Gasteiger partial charge on any atom is -0.508 e. The van der Waals surface area contributed by atoms with E-state index in [2.05, 4.69) is 0 Å². The van der Waals surface area contributed by atoms with Gasteiger partial charge in [-0.2, -0.15) is 0 Å². The number of phenols is 1. The summed E-state index contributed by atoms with van der Waals surface area (Å²) in [5.74, 6) is 0.182. The molecule has 2 nitrogen and oxygen atoms in total. The van der Waals surface area contributed by atoms with E-state index in [1.165, 1.54) is 13.0 Å². The van der Waals surface area contributed by atoms with Crippen LogP contribution in [0.2, 0.25) is 0 Å². The fraction of sp³-hybridized carbons (Fsp3) is 0.500. The minimum atomic E-state index is -1.02. The van der Waals surface area contributed by atoms with Gasteiger partial charge in [0.05, 0.1) is 0 Å². The van der Waals surface area contributed by atoms with E-state index in [-0.39, 0.29) is 5.75 Å². The van der Waals surface area contributed by atoms with Crippen molar-refractivity contribution in [2.24, 2.45) is 5.73 Å². The molecule has 3 heteroatoms. The quantitative estimate of drug-likeness (QED) is 0.786. The van der Waals surface area contributed by atoms with Crippen molar-refractivity contribution in [3.8, 4) is 5.75 Å². The molecule has 1 aromatic rings. The SMILES string of the molecule is CC(F)c1ccc(O)c(C2(N)CCC2)c1. The lowest BCUT2D eigenvalue weighted by molar-refractivity contribution is 0.244. The molecule has 1 atom stereocenters. The first kappa shape index (κ1) is 10.4. The van der Waals surface area contributed by atoms with Gasteiger partial charge in [0.2, 0.25) is 0 Å². The minimum absolute atomic E-state index is 0.182. The van der Waals surface area contributed by atoms with Crippen LogP contribution in [0.15, 0.2) is 18.2 Å². The summed E-state index contributed by atoms with van der Waals surface area (Å²) in [6.45, 7) is 1.49. The zero-order valence-electron chi connectivity index (χ0n) is 8.83. The first-order chi connectivity index (χ1) is 7.03. The highest BCUT2D eigenvalue weighted by molar-refractivity contribution is 5.42. The maximum atomic E-state index is 13.1. The average molecular weight is 209 g/mol. The van der Waals surface area contributed by atoms with Gasteiger partial charge in [-0.3, -0.25) is 0 Å². The molecule has 1 fully saturated rings. The molecule has 82 valence electrons. The molecular weight excluding hydrogens is 193 g/mol. The van der Waals surface area contributed by atoms with Crippen LogP contribution in [0.3, 0.4) is 0 Å². The van der Waals surface area contributed by atoms with Gasteiger partial charge in [-0.05, 0) is 43.9 Å². The molecule has 1 saturated carbocycles. The fourth-order valence-corrected chi connectivity index (χ4v) is 2.03. The highest BCUT2D eigenvalue weighted by Crippen LogP contribution is 2.43. The van der Waals surface area contributed by atoms with E-state index in [1.54, 1.807) is 12.1 Å². The van der Waals surface area contributed by atoms with Crippen LogP contribution in [0.4, 0.5) is 4.39 Å². The van der Waals surface area contributed by atoms with Gasteiger partial charge < -0.3 is 10.8 Å². The van der Waals surface area contributed by atoms with Crippen LogP contribution in [0.5, 0.6) is 5.75 Å². The van der Waals surface area contributed by atoms with Crippen molar-refractivity contribution in [2.45, 2.75) is 37.9 Å². The van der Waals surface area contributed by atoms with E-state index in [9.17, 15) is 9.50 Å². The molecule has 3 N–H and O–H groups in total. The first-order valence-corrected chi connectivity index (χ1v) is 5.29. The maximum absolute atomic E-state index is 13.1. The molecule has 1 aliphatic carbocycles. The second-order valence-corrected chi connectivity index (χ2v) is 4.40. The van der Waals surface area contributed by atoms with E-state index < -0.39 is 11.7 Å². The Bertz CT molecular complexity index is 372. The number of phenolic OH excluding ortho intramolecular Hbond substituents is 1.